The van der Waals surface area contributed by atoms with E-state index < -0.39 is 5.97 Å². The fourth-order valence-corrected chi connectivity index (χ4v) is 3.16. The van der Waals surface area contributed by atoms with Crippen LogP contribution in [-0.4, -0.2) is 58.8 Å². The van der Waals surface area contributed by atoms with Crippen molar-refractivity contribution in [1.82, 2.24) is 14.8 Å². The minimum absolute atomic E-state index is 0.310. The predicted molar refractivity (Wildman–Crippen MR) is 111 cm³/mol. The molecular formula is C21H22N6O2. The summed E-state index contributed by atoms with van der Waals surface area (Å²) in [7, 11) is 0. The summed E-state index contributed by atoms with van der Waals surface area (Å²) in [4.78, 5) is 29.1. The zero-order valence-corrected chi connectivity index (χ0v) is 16.2. The summed E-state index contributed by atoms with van der Waals surface area (Å²) in [6, 6.07) is 13.2. The number of nitrogens with zero attached hydrogens (tertiary/aromatic N) is 5. The highest BCUT2D eigenvalue weighted by molar-refractivity contribution is 6.11. The summed E-state index contributed by atoms with van der Waals surface area (Å²) in [6.45, 7) is 4.76. The van der Waals surface area contributed by atoms with Gasteiger partial charge < -0.3 is 20.3 Å². The number of aryl methyl sites for hydroxylation is 1. The van der Waals surface area contributed by atoms with Gasteiger partial charge in [-0.3, -0.25) is 0 Å². The predicted octanol–water partition coefficient (Wildman–Crippen LogP) is 1.80. The fraction of sp³-hybridized carbons (Fsp3) is 0.238. The van der Waals surface area contributed by atoms with Gasteiger partial charge in [-0.1, -0.05) is 23.8 Å². The molecule has 148 valence electrons. The molecule has 2 N–H and O–H groups in total. The monoisotopic (exact) mass is 390 g/mol. The lowest BCUT2D eigenvalue weighted by Gasteiger charge is -2.34. The van der Waals surface area contributed by atoms with E-state index >= 15 is 0 Å². The molecule has 1 fully saturated rings. The van der Waals surface area contributed by atoms with Crippen molar-refractivity contribution in [1.29, 1.82) is 0 Å². The van der Waals surface area contributed by atoms with Crippen molar-refractivity contribution >= 4 is 23.6 Å². The second kappa shape index (κ2) is 8.14. The number of esters is 1. The van der Waals surface area contributed by atoms with Gasteiger partial charge in [-0.25, -0.2) is 14.8 Å². The van der Waals surface area contributed by atoms with Crippen LogP contribution in [0.25, 0.3) is 0 Å². The topological polar surface area (TPSA) is 96.4 Å². The number of ether oxygens (including phenoxy) is 1. The number of piperazine rings is 1. The Morgan fingerprint density at radius 2 is 2.00 bits per heavy atom. The van der Waals surface area contributed by atoms with Gasteiger partial charge in [0.2, 0.25) is 5.90 Å². The Hall–Kier alpha value is -3.68. The maximum Gasteiger partial charge on any atom is 0.365 e. The van der Waals surface area contributed by atoms with E-state index in [0.717, 1.165) is 11.1 Å². The molecule has 8 nitrogen and oxygen atoms in total. The molecule has 0 spiro atoms. The van der Waals surface area contributed by atoms with Crippen LogP contribution in [0.2, 0.25) is 0 Å². The van der Waals surface area contributed by atoms with Crippen molar-refractivity contribution < 1.29 is 9.53 Å². The van der Waals surface area contributed by atoms with Crippen molar-refractivity contribution in [3.8, 4) is 0 Å². The minimum atomic E-state index is -0.430. The van der Waals surface area contributed by atoms with Crippen molar-refractivity contribution in [2.24, 2.45) is 15.7 Å². The van der Waals surface area contributed by atoms with Crippen LogP contribution >= 0.6 is 0 Å². The van der Waals surface area contributed by atoms with E-state index in [2.05, 4.69) is 15.0 Å². The Bertz CT molecular complexity index is 991. The highest BCUT2D eigenvalue weighted by Gasteiger charge is 2.26. The lowest BCUT2D eigenvalue weighted by atomic mass is 10.1. The average molecular weight is 390 g/mol. The number of hydrogen-bond donors (Lipinski definition) is 1. The first-order valence-corrected chi connectivity index (χ1v) is 9.42. The van der Waals surface area contributed by atoms with Gasteiger partial charge in [0.15, 0.2) is 17.5 Å². The lowest BCUT2D eigenvalue weighted by Crippen LogP contribution is -2.49. The molecule has 29 heavy (non-hydrogen) atoms. The van der Waals surface area contributed by atoms with Crippen LogP contribution < -0.4 is 5.73 Å². The highest BCUT2D eigenvalue weighted by atomic mass is 16.6. The first-order valence-electron chi connectivity index (χ1n) is 9.42. The third kappa shape index (κ3) is 4.43. The molecule has 3 heterocycles. The molecule has 2 aliphatic rings. The molecule has 0 bridgehead atoms. The Labute approximate surface area is 169 Å². The van der Waals surface area contributed by atoms with Crippen LogP contribution in [0.15, 0.2) is 70.5 Å². The van der Waals surface area contributed by atoms with Gasteiger partial charge in [-0.2, -0.15) is 4.99 Å². The van der Waals surface area contributed by atoms with Crippen LogP contribution in [0, 0.1) is 6.92 Å². The molecule has 0 unspecified atom stereocenters. The van der Waals surface area contributed by atoms with E-state index in [4.69, 9.17) is 10.5 Å². The van der Waals surface area contributed by atoms with Crippen molar-refractivity contribution in [3.05, 3.63) is 71.7 Å². The number of benzene rings is 1. The Balaban J connectivity index is 1.40. The number of carbonyl (C=O) groups is 1. The zero-order chi connectivity index (χ0) is 20.2. The molecule has 0 atom stereocenters. The van der Waals surface area contributed by atoms with Gasteiger partial charge in [0.1, 0.15) is 0 Å². The van der Waals surface area contributed by atoms with Crippen LogP contribution in [0.1, 0.15) is 11.1 Å². The van der Waals surface area contributed by atoms with Gasteiger partial charge >= 0.3 is 5.97 Å². The van der Waals surface area contributed by atoms with E-state index in [1.54, 1.807) is 12.4 Å². The SMILES string of the molecule is Cc1cccc(C2=NC(=CN3CCN(C(N)=Nc4ccccn4)CC3)C(=O)O2)c1. The van der Waals surface area contributed by atoms with E-state index in [1.165, 1.54) is 0 Å². The lowest BCUT2D eigenvalue weighted by molar-refractivity contribution is -0.130. The highest BCUT2D eigenvalue weighted by Crippen LogP contribution is 2.18. The van der Waals surface area contributed by atoms with E-state index in [0.29, 0.717) is 49.6 Å². The van der Waals surface area contributed by atoms with Gasteiger partial charge in [-0.15, -0.1) is 0 Å². The summed E-state index contributed by atoms with van der Waals surface area (Å²) in [6.07, 6.45) is 3.44. The molecule has 2 aliphatic heterocycles. The first-order chi connectivity index (χ1) is 14.1. The van der Waals surface area contributed by atoms with Crippen LogP contribution in [0.3, 0.4) is 0 Å². The quantitative estimate of drug-likeness (QED) is 0.372. The summed E-state index contributed by atoms with van der Waals surface area (Å²) in [5.41, 5.74) is 8.30. The Morgan fingerprint density at radius 3 is 2.72 bits per heavy atom. The smallest absolute Gasteiger partial charge is 0.365 e. The minimum Gasteiger partial charge on any atom is -0.402 e. The molecular weight excluding hydrogens is 368 g/mol. The molecule has 1 aromatic heterocycles. The average Bonchev–Trinajstić information content (AvgIpc) is 3.10. The molecule has 1 saturated heterocycles. The molecule has 0 radical (unpaired) electrons. The van der Waals surface area contributed by atoms with Crippen LogP contribution in [0.5, 0.6) is 0 Å². The van der Waals surface area contributed by atoms with Gasteiger partial charge in [-0.05, 0) is 31.2 Å². The van der Waals surface area contributed by atoms with Gasteiger partial charge in [0.25, 0.3) is 0 Å². The Morgan fingerprint density at radius 1 is 1.17 bits per heavy atom. The fourth-order valence-electron chi connectivity index (χ4n) is 3.16. The second-order valence-corrected chi connectivity index (χ2v) is 6.87. The number of aromatic nitrogens is 1. The van der Waals surface area contributed by atoms with Gasteiger partial charge in [0, 0.05) is 44.1 Å². The van der Waals surface area contributed by atoms with Crippen LogP contribution in [-0.2, 0) is 9.53 Å². The number of hydrogen-bond acceptors (Lipinski definition) is 6. The van der Waals surface area contributed by atoms with Crippen molar-refractivity contribution in [3.63, 3.8) is 0 Å². The van der Waals surface area contributed by atoms with Crippen molar-refractivity contribution in [2.45, 2.75) is 6.92 Å². The number of aliphatic imine (C=N–C) groups is 2. The summed E-state index contributed by atoms with van der Waals surface area (Å²) < 4.78 is 5.34. The first kappa shape index (κ1) is 18.7. The zero-order valence-electron chi connectivity index (χ0n) is 16.2. The number of pyridine rings is 1. The number of guanidine groups is 1. The molecule has 4 rings (SSSR count). The number of carbonyl (C=O) groups excluding carboxylic acids is 1. The van der Waals surface area contributed by atoms with E-state index in [1.807, 2.05) is 59.2 Å². The number of nitrogens with two attached hydrogens (primary N) is 1. The third-order valence-electron chi connectivity index (χ3n) is 4.71. The summed E-state index contributed by atoms with van der Waals surface area (Å²) >= 11 is 0. The summed E-state index contributed by atoms with van der Waals surface area (Å²) in [5.74, 6) is 0.938. The molecule has 0 saturated carbocycles. The molecule has 2 aromatic rings. The number of cyclic esters (lactones) is 1. The summed E-state index contributed by atoms with van der Waals surface area (Å²) in [5, 5.41) is 0. The maximum atomic E-state index is 12.2. The maximum absolute atomic E-state index is 12.2. The largest absolute Gasteiger partial charge is 0.402 e. The normalized spacial score (nSPS) is 18.8. The second-order valence-electron chi connectivity index (χ2n) is 6.87. The number of rotatable bonds is 3. The third-order valence-corrected chi connectivity index (χ3v) is 4.71. The molecule has 1 aromatic carbocycles. The van der Waals surface area contributed by atoms with E-state index in [-0.39, 0.29) is 0 Å². The van der Waals surface area contributed by atoms with Gasteiger partial charge in [0.05, 0.1) is 0 Å². The van der Waals surface area contributed by atoms with Crippen molar-refractivity contribution in [2.75, 3.05) is 26.2 Å². The molecule has 0 amide bonds. The Kier molecular flexibility index (Phi) is 5.24. The molecule has 8 heteroatoms. The van der Waals surface area contributed by atoms with E-state index in [9.17, 15) is 4.79 Å². The molecule has 0 aliphatic carbocycles. The standard InChI is InChI=1S/C21H22N6O2/c1-15-5-4-6-16(13-15)19-24-17(20(28)29-19)14-26-9-11-27(12-10-26)21(22)25-18-7-2-3-8-23-18/h2-8,13-14H,9-12H2,1H3,(H2,22,23,25). The van der Waals surface area contributed by atoms with Crippen LogP contribution in [0.4, 0.5) is 5.82 Å².